The molecule has 0 aliphatic heterocycles. The number of aliphatic hydroxyl groups excluding tert-OH is 3. The molecule has 97 valence electrons. The standard InChI is InChI=1S/3C2H4O3.Dy/c3*3-1-2(4)5;/h3*3H,1H2,(H,4,5);/q;;;+3/p-3. The average Bonchev–Trinajstić information content (AvgIpc) is 2.19. The summed E-state index contributed by atoms with van der Waals surface area (Å²) in [7, 11) is 0. The van der Waals surface area contributed by atoms with Crippen LogP contribution in [-0.2, 0) is 14.4 Å². The Kier molecular flexibility index (Phi) is 30.9. The van der Waals surface area contributed by atoms with E-state index < -0.39 is 37.7 Å². The molecule has 0 bridgehead atoms. The number of carboxylic acids is 3. The van der Waals surface area contributed by atoms with E-state index in [0.717, 1.165) is 0 Å². The summed E-state index contributed by atoms with van der Waals surface area (Å²) in [5, 5.41) is 49.5. The van der Waals surface area contributed by atoms with Gasteiger partial charge in [-0.3, -0.25) is 0 Å². The molecule has 0 spiro atoms. The van der Waals surface area contributed by atoms with E-state index in [9.17, 15) is 0 Å². The van der Waals surface area contributed by atoms with Gasteiger partial charge in [0.15, 0.2) is 0 Å². The largest absolute Gasteiger partial charge is 3.00 e. The van der Waals surface area contributed by atoms with E-state index in [1.165, 1.54) is 0 Å². The molecule has 0 atom stereocenters. The molecule has 9 nitrogen and oxygen atoms in total. The molecular weight excluding hydrogens is 379 g/mol. The van der Waals surface area contributed by atoms with Crippen LogP contribution in [0, 0.1) is 38.2 Å². The summed E-state index contributed by atoms with van der Waals surface area (Å²) in [6.07, 6.45) is 0. The van der Waals surface area contributed by atoms with Gasteiger partial charge in [0.05, 0.1) is 37.7 Å². The minimum atomic E-state index is -1.44. The van der Waals surface area contributed by atoms with Crippen LogP contribution in [0.25, 0.3) is 0 Å². The second-order valence-electron chi connectivity index (χ2n) is 1.59. The molecule has 0 saturated heterocycles. The maximum Gasteiger partial charge on any atom is 3.00 e. The van der Waals surface area contributed by atoms with E-state index in [4.69, 9.17) is 45.0 Å². The van der Waals surface area contributed by atoms with E-state index in [-0.39, 0.29) is 38.2 Å². The van der Waals surface area contributed by atoms with Crippen molar-refractivity contribution in [1.82, 2.24) is 0 Å². The Bertz CT molecular complexity index is 159. The topological polar surface area (TPSA) is 181 Å². The van der Waals surface area contributed by atoms with Crippen LogP contribution in [0.2, 0.25) is 0 Å². The van der Waals surface area contributed by atoms with Gasteiger partial charge in [0.2, 0.25) is 0 Å². The quantitative estimate of drug-likeness (QED) is 0.424. The van der Waals surface area contributed by atoms with Crippen LogP contribution >= 0.6 is 0 Å². The zero-order valence-corrected chi connectivity index (χ0v) is 9.76. The van der Waals surface area contributed by atoms with Gasteiger partial charge < -0.3 is 45.0 Å². The Hall–Kier alpha value is -0.437. The monoisotopic (exact) mass is 389 g/mol. The summed E-state index contributed by atoms with van der Waals surface area (Å²) in [4.78, 5) is 27.0. The molecule has 0 saturated carbocycles. The molecule has 10 heteroatoms. The van der Waals surface area contributed by atoms with Gasteiger partial charge in [-0.05, 0) is 0 Å². The third kappa shape index (κ3) is 69.2. The smallest absolute Gasteiger partial charge is 0.548 e. The first-order chi connectivity index (χ1) is 6.81. The van der Waals surface area contributed by atoms with E-state index >= 15 is 0 Å². The molecule has 1 radical (unpaired) electrons. The van der Waals surface area contributed by atoms with Crippen molar-refractivity contribution in [3.63, 3.8) is 0 Å². The van der Waals surface area contributed by atoms with E-state index in [1.807, 2.05) is 0 Å². The molecule has 0 aliphatic rings. The van der Waals surface area contributed by atoms with Crippen molar-refractivity contribution in [2.75, 3.05) is 19.8 Å². The molecular formula is C6H9DyO9. The fourth-order valence-electron chi connectivity index (χ4n) is 0. The first kappa shape index (κ1) is 24.7. The number of hydrogen-bond donors (Lipinski definition) is 3. The maximum atomic E-state index is 9.01. The first-order valence-corrected chi connectivity index (χ1v) is 3.23. The van der Waals surface area contributed by atoms with Crippen molar-refractivity contribution in [3.05, 3.63) is 0 Å². The maximum absolute atomic E-state index is 9.01. The molecule has 0 fully saturated rings. The molecule has 0 aromatic rings. The molecule has 3 N–H and O–H groups in total. The van der Waals surface area contributed by atoms with Crippen LogP contribution in [0.5, 0.6) is 0 Å². The average molecular weight is 388 g/mol. The third-order valence-corrected chi connectivity index (χ3v) is 0.387. The van der Waals surface area contributed by atoms with Crippen LogP contribution in [0.15, 0.2) is 0 Å². The number of aliphatic hydroxyl groups is 3. The Morgan fingerprint density at radius 1 is 0.688 bits per heavy atom. The van der Waals surface area contributed by atoms with Crippen molar-refractivity contribution in [2.24, 2.45) is 0 Å². The second-order valence-corrected chi connectivity index (χ2v) is 1.59. The van der Waals surface area contributed by atoms with Gasteiger partial charge in [-0.15, -0.1) is 0 Å². The van der Waals surface area contributed by atoms with Crippen molar-refractivity contribution in [2.45, 2.75) is 0 Å². The van der Waals surface area contributed by atoms with Crippen molar-refractivity contribution < 1.29 is 83.2 Å². The van der Waals surface area contributed by atoms with Crippen LogP contribution < -0.4 is 15.3 Å². The van der Waals surface area contributed by atoms with Crippen LogP contribution in [0.4, 0.5) is 0 Å². The van der Waals surface area contributed by atoms with Gasteiger partial charge >= 0.3 is 38.2 Å². The molecule has 0 aromatic heterocycles. The van der Waals surface area contributed by atoms with Crippen LogP contribution in [0.1, 0.15) is 0 Å². The number of carbonyl (C=O) groups excluding carboxylic acids is 3. The Labute approximate surface area is 120 Å². The number of carboxylic acid groups (broad SMARTS) is 3. The molecule has 0 aliphatic carbocycles. The van der Waals surface area contributed by atoms with Crippen molar-refractivity contribution in [1.29, 1.82) is 0 Å². The summed E-state index contributed by atoms with van der Waals surface area (Å²) >= 11 is 0. The van der Waals surface area contributed by atoms with Crippen LogP contribution in [-0.4, -0.2) is 53.0 Å². The second kappa shape index (κ2) is 20.0. The Balaban J connectivity index is -0.0000000655. The molecule has 0 heterocycles. The van der Waals surface area contributed by atoms with Crippen molar-refractivity contribution >= 4 is 17.9 Å². The normalized spacial score (nSPS) is 6.94. The van der Waals surface area contributed by atoms with Gasteiger partial charge in [-0.1, -0.05) is 0 Å². The summed E-state index contributed by atoms with van der Waals surface area (Å²) < 4.78 is 0. The molecule has 0 amide bonds. The zero-order valence-electron chi connectivity index (χ0n) is 7.73. The minimum absolute atomic E-state index is 0. The number of aliphatic carboxylic acids is 3. The molecule has 0 rings (SSSR count). The first-order valence-electron chi connectivity index (χ1n) is 3.23. The minimum Gasteiger partial charge on any atom is -0.548 e. The van der Waals surface area contributed by atoms with Crippen molar-refractivity contribution in [3.8, 4) is 0 Å². The van der Waals surface area contributed by atoms with Gasteiger partial charge in [-0.2, -0.15) is 0 Å². The summed E-state index contributed by atoms with van der Waals surface area (Å²) in [5.41, 5.74) is 0. The predicted octanol–water partition coefficient (Wildman–Crippen LogP) is -6.81. The fourth-order valence-corrected chi connectivity index (χ4v) is 0. The Morgan fingerprint density at radius 2 is 0.750 bits per heavy atom. The SMILES string of the molecule is O=C([O-])CO.O=C([O-])CO.O=C([O-])CO.[Dy+3]. The fraction of sp³-hybridized carbons (Fsp3) is 0.500. The summed E-state index contributed by atoms with van der Waals surface area (Å²) in [5.74, 6) is -4.32. The van der Waals surface area contributed by atoms with Gasteiger partial charge in [0.25, 0.3) is 0 Å². The van der Waals surface area contributed by atoms with Gasteiger partial charge in [-0.25, -0.2) is 0 Å². The number of hydrogen-bond acceptors (Lipinski definition) is 9. The van der Waals surface area contributed by atoms with E-state index in [2.05, 4.69) is 0 Å². The molecule has 16 heavy (non-hydrogen) atoms. The number of carbonyl (C=O) groups is 3. The predicted molar refractivity (Wildman–Crippen MR) is 36.3 cm³/mol. The van der Waals surface area contributed by atoms with Gasteiger partial charge in [0, 0.05) is 0 Å². The van der Waals surface area contributed by atoms with E-state index in [1.54, 1.807) is 0 Å². The zero-order chi connectivity index (χ0) is 12.9. The summed E-state index contributed by atoms with van der Waals surface area (Å²) in [6.45, 7) is -2.67. The Morgan fingerprint density at radius 3 is 0.750 bits per heavy atom. The van der Waals surface area contributed by atoms with E-state index in [0.29, 0.717) is 0 Å². The molecule has 0 aromatic carbocycles. The van der Waals surface area contributed by atoms with Gasteiger partial charge in [0.1, 0.15) is 0 Å². The number of rotatable bonds is 3. The third-order valence-electron chi connectivity index (χ3n) is 0.387. The van der Waals surface area contributed by atoms with Crippen LogP contribution in [0.3, 0.4) is 0 Å². The molecule has 0 unspecified atom stereocenters. The summed E-state index contributed by atoms with van der Waals surface area (Å²) in [6, 6.07) is 0.